The Morgan fingerprint density at radius 3 is 2.42 bits per heavy atom. The van der Waals surface area contributed by atoms with Crippen LogP contribution >= 0.6 is 11.8 Å². The minimum absolute atomic E-state index is 0.397. The minimum Gasteiger partial charge on any atom is -0.452 e. The van der Waals surface area contributed by atoms with Crippen LogP contribution in [0.1, 0.15) is 15.9 Å². The first kappa shape index (κ1) is 17.9. The van der Waals surface area contributed by atoms with Crippen LogP contribution in [0.2, 0.25) is 0 Å². The number of hydrogen-bond acceptors (Lipinski definition) is 4. The van der Waals surface area contributed by atoms with E-state index in [2.05, 4.69) is 5.32 Å². The Balaban J connectivity index is 1.85. The van der Waals surface area contributed by atoms with Gasteiger partial charge in [-0.1, -0.05) is 30.0 Å². The van der Waals surface area contributed by atoms with Crippen LogP contribution in [-0.2, 0) is 9.53 Å². The fourth-order valence-electron chi connectivity index (χ4n) is 1.93. The quantitative estimate of drug-likeness (QED) is 0.629. The van der Waals surface area contributed by atoms with E-state index in [0.717, 1.165) is 5.56 Å². The summed E-state index contributed by atoms with van der Waals surface area (Å²) in [6.07, 6.45) is 0. The Bertz CT molecular complexity index is 720. The monoisotopic (exact) mass is 351 g/mol. The highest BCUT2D eigenvalue weighted by Gasteiger charge is 2.12. The first-order chi connectivity index (χ1) is 11.5. The number of carbonyl (C=O) groups excluding carboxylic acids is 2. The Labute approximate surface area is 142 Å². The molecule has 2 aromatic carbocycles. The molecule has 0 saturated carbocycles. The predicted octanol–water partition coefficient (Wildman–Crippen LogP) is 4.11. The van der Waals surface area contributed by atoms with E-state index in [0.29, 0.717) is 27.9 Å². The summed E-state index contributed by atoms with van der Waals surface area (Å²) in [5, 5.41) is 2.53. The van der Waals surface area contributed by atoms with E-state index in [1.165, 1.54) is 24.3 Å². The lowest BCUT2D eigenvalue weighted by molar-refractivity contribution is -0.119. The first-order valence-electron chi connectivity index (χ1n) is 7.03. The maximum absolute atomic E-state index is 12.2. The molecule has 126 valence electrons. The topological polar surface area (TPSA) is 55.4 Å². The number of rotatable bonds is 6. The van der Waals surface area contributed by atoms with Gasteiger partial charge in [-0.15, -0.1) is 0 Å². The number of nitrogens with one attached hydrogen (secondary N) is 1. The average molecular weight is 351 g/mol. The fraction of sp³-hybridized carbons (Fsp3) is 0.176. The zero-order valence-corrected chi connectivity index (χ0v) is 13.6. The van der Waals surface area contributed by atoms with Crippen molar-refractivity contribution in [2.45, 2.75) is 17.6 Å². The third kappa shape index (κ3) is 5.34. The number of halogens is 2. The van der Waals surface area contributed by atoms with Gasteiger partial charge in [-0.3, -0.25) is 4.79 Å². The number of carbonyl (C=O) groups is 2. The first-order valence-corrected chi connectivity index (χ1v) is 7.91. The fourth-order valence-corrected chi connectivity index (χ4v) is 2.43. The van der Waals surface area contributed by atoms with Crippen LogP contribution in [0.3, 0.4) is 0 Å². The Kier molecular flexibility index (Phi) is 6.31. The molecule has 0 spiro atoms. The van der Waals surface area contributed by atoms with Crippen molar-refractivity contribution in [3.05, 3.63) is 59.7 Å². The molecular weight excluding hydrogens is 336 g/mol. The molecule has 0 atom stereocenters. The number of esters is 1. The second-order valence-electron chi connectivity index (χ2n) is 4.84. The highest BCUT2D eigenvalue weighted by molar-refractivity contribution is 7.99. The number of thioether (sulfide) groups is 1. The number of anilines is 1. The van der Waals surface area contributed by atoms with Gasteiger partial charge in [-0.25, -0.2) is 4.79 Å². The Hall–Kier alpha value is -2.41. The molecule has 0 aromatic heterocycles. The highest BCUT2D eigenvalue weighted by Crippen LogP contribution is 2.26. The van der Waals surface area contributed by atoms with Gasteiger partial charge in [0.1, 0.15) is 0 Å². The van der Waals surface area contributed by atoms with E-state index in [1.54, 1.807) is 31.2 Å². The van der Waals surface area contributed by atoms with Crippen molar-refractivity contribution in [2.75, 3.05) is 11.9 Å². The second kappa shape index (κ2) is 8.44. The summed E-state index contributed by atoms with van der Waals surface area (Å²) in [5.74, 6) is -3.58. The van der Waals surface area contributed by atoms with Crippen molar-refractivity contribution in [3.63, 3.8) is 0 Å². The molecule has 0 radical (unpaired) electrons. The molecular formula is C17H15F2NO3S. The number of aryl methyl sites for hydroxylation is 1. The standard InChI is InChI=1S/C17H15F2NO3S/c1-11-4-2-3-5-14(11)16(22)23-10-15(21)20-12-6-8-13(9-7-12)24-17(18)19/h2-9,17H,10H2,1H3,(H,20,21). The van der Waals surface area contributed by atoms with Gasteiger partial charge < -0.3 is 10.1 Å². The molecule has 4 nitrogen and oxygen atoms in total. The summed E-state index contributed by atoms with van der Waals surface area (Å²) < 4.78 is 29.4. The maximum Gasteiger partial charge on any atom is 0.338 e. The van der Waals surface area contributed by atoms with Gasteiger partial charge in [0.05, 0.1) is 5.56 Å². The summed E-state index contributed by atoms with van der Waals surface area (Å²) in [7, 11) is 0. The van der Waals surface area contributed by atoms with Crippen molar-refractivity contribution < 1.29 is 23.1 Å². The molecule has 7 heteroatoms. The molecule has 0 unspecified atom stereocenters. The molecule has 0 bridgehead atoms. The van der Waals surface area contributed by atoms with Crippen molar-refractivity contribution >= 4 is 29.3 Å². The van der Waals surface area contributed by atoms with E-state index in [4.69, 9.17) is 4.74 Å². The van der Waals surface area contributed by atoms with Crippen molar-refractivity contribution in [1.82, 2.24) is 0 Å². The van der Waals surface area contributed by atoms with Crippen LogP contribution in [0.15, 0.2) is 53.4 Å². The van der Waals surface area contributed by atoms with Gasteiger partial charge in [0, 0.05) is 10.6 Å². The molecule has 24 heavy (non-hydrogen) atoms. The zero-order chi connectivity index (χ0) is 17.5. The molecule has 1 N–H and O–H groups in total. The second-order valence-corrected chi connectivity index (χ2v) is 5.91. The van der Waals surface area contributed by atoms with Crippen molar-refractivity contribution in [1.29, 1.82) is 0 Å². The summed E-state index contributed by atoms with van der Waals surface area (Å²) >= 11 is 0.424. The molecule has 0 saturated heterocycles. The van der Waals surface area contributed by atoms with Crippen LogP contribution in [0.5, 0.6) is 0 Å². The lowest BCUT2D eigenvalue weighted by atomic mass is 10.1. The average Bonchev–Trinajstić information content (AvgIpc) is 2.54. The largest absolute Gasteiger partial charge is 0.452 e. The number of amides is 1. The van der Waals surface area contributed by atoms with E-state index in [1.807, 2.05) is 0 Å². The van der Waals surface area contributed by atoms with Gasteiger partial charge in [-0.05, 0) is 42.8 Å². The molecule has 2 rings (SSSR count). The summed E-state index contributed by atoms with van der Waals surface area (Å²) in [6.45, 7) is 1.34. The number of alkyl halides is 2. The van der Waals surface area contributed by atoms with E-state index in [9.17, 15) is 18.4 Å². The van der Waals surface area contributed by atoms with Crippen LogP contribution in [0.4, 0.5) is 14.5 Å². The highest BCUT2D eigenvalue weighted by atomic mass is 32.2. The predicted molar refractivity (Wildman–Crippen MR) is 88.4 cm³/mol. The van der Waals surface area contributed by atoms with Gasteiger partial charge in [0.15, 0.2) is 6.61 Å². The van der Waals surface area contributed by atoms with E-state index >= 15 is 0 Å². The minimum atomic E-state index is -2.49. The molecule has 2 aromatic rings. The smallest absolute Gasteiger partial charge is 0.338 e. The number of benzene rings is 2. The molecule has 0 aliphatic rings. The van der Waals surface area contributed by atoms with Gasteiger partial charge >= 0.3 is 5.97 Å². The molecule has 0 aliphatic heterocycles. The number of hydrogen-bond donors (Lipinski definition) is 1. The summed E-state index contributed by atoms with van der Waals surface area (Å²) in [5.41, 5.74) is 1.60. The van der Waals surface area contributed by atoms with Gasteiger partial charge in [0.2, 0.25) is 0 Å². The summed E-state index contributed by atoms with van der Waals surface area (Å²) in [4.78, 5) is 24.1. The third-order valence-electron chi connectivity index (χ3n) is 3.06. The zero-order valence-electron chi connectivity index (χ0n) is 12.8. The third-order valence-corrected chi connectivity index (χ3v) is 3.79. The van der Waals surface area contributed by atoms with Crippen LogP contribution in [0.25, 0.3) is 0 Å². The van der Waals surface area contributed by atoms with Gasteiger partial charge in [0.25, 0.3) is 11.7 Å². The molecule has 0 fully saturated rings. The lowest BCUT2D eigenvalue weighted by Gasteiger charge is -2.08. The van der Waals surface area contributed by atoms with Crippen LogP contribution in [0, 0.1) is 6.92 Å². The Morgan fingerprint density at radius 2 is 1.79 bits per heavy atom. The SMILES string of the molecule is Cc1ccccc1C(=O)OCC(=O)Nc1ccc(SC(F)F)cc1. The summed E-state index contributed by atoms with van der Waals surface area (Å²) in [6, 6.07) is 12.9. The van der Waals surface area contributed by atoms with E-state index in [-0.39, 0.29) is 0 Å². The van der Waals surface area contributed by atoms with Crippen LogP contribution < -0.4 is 5.32 Å². The molecule has 1 amide bonds. The van der Waals surface area contributed by atoms with Gasteiger partial charge in [-0.2, -0.15) is 8.78 Å². The van der Waals surface area contributed by atoms with Crippen LogP contribution in [-0.4, -0.2) is 24.2 Å². The van der Waals surface area contributed by atoms with Crippen molar-refractivity contribution in [3.8, 4) is 0 Å². The molecule has 0 aliphatic carbocycles. The van der Waals surface area contributed by atoms with Crippen molar-refractivity contribution in [2.24, 2.45) is 0 Å². The number of ether oxygens (including phenoxy) is 1. The normalized spacial score (nSPS) is 10.5. The van der Waals surface area contributed by atoms with E-state index < -0.39 is 24.2 Å². The Morgan fingerprint density at radius 1 is 1.12 bits per heavy atom. The molecule has 0 heterocycles. The lowest BCUT2D eigenvalue weighted by Crippen LogP contribution is -2.21. The maximum atomic E-state index is 12.2.